The lowest BCUT2D eigenvalue weighted by atomic mass is 9.91. The van der Waals surface area contributed by atoms with Gasteiger partial charge in [0.1, 0.15) is 6.04 Å². The zero-order chi connectivity index (χ0) is 47.5. The number of Topliss-reactive ketones (excluding diaryl/α,β-unsaturated/α-hetero) is 1. The van der Waals surface area contributed by atoms with Crippen LogP contribution in [0.3, 0.4) is 0 Å². The Kier molecular flexibility index (Phi) is 24.7. The first-order valence-corrected chi connectivity index (χ1v) is 23.4. The summed E-state index contributed by atoms with van der Waals surface area (Å²) < 4.78 is 1.68. The van der Waals surface area contributed by atoms with Crippen molar-refractivity contribution in [1.82, 2.24) is 47.0 Å². The number of halogens is 2. The smallest absolute Gasteiger partial charge is 0.243 e. The van der Waals surface area contributed by atoms with Crippen LogP contribution in [0.25, 0.3) is 0 Å². The molecular formula is C41H62Br2N10O11S. The normalized spacial score (nSPS) is 17.8. The predicted molar refractivity (Wildman–Crippen MR) is 249 cm³/mol. The third-order valence-electron chi connectivity index (χ3n) is 10.4. The predicted octanol–water partition coefficient (Wildman–Crippen LogP) is -0.644. The van der Waals surface area contributed by atoms with E-state index in [4.69, 9.17) is 5.73 Å². The molecule has 1 aliphatic carbocycles. The molecule has 0 aromatic heterocycles. The lowest BCUT2D eigenvalue weighted by Gasteiger charge is -2.36. The van der Waals surface area contributed by atoms with Crippen molar-refractivity contribution in [3.8, 4) is 0 Å². The minimum Gasteiger partial charge on any atom is -0.398 e. The minimum atomic E-state index is -1.16. The van der Waals surface area contributed by atoms with Gasteiger partial charge in [0.05, 0.1) is 55.8 Å². The van der Waals surface area contributed by atoms with Crippen LogP contribution in [0.15, 0.2) is 21.1 Å². The summed E-state index contributed by atoms with van der Waals surface area (Å²) in [7, 11) is 0. The Bertz CT molecular complexity index is 1900. The second-order valence-electron chi connectivity index (χ2n) is 15.5. The van der Waals surface area contributed by atoms with E-state index in [2.05, 4.69) is 74.0 Å². The van der Waals surface area contributed by atoms with E-state index in [9.17, 15) is 53.1 Å². The van der Waals surface area contributed by atoms with Crippen molar-refractivity contribution >= 4 is 108 Å². The van der Waals surface area contributed by atoms with Gasteiger partial charge >= 0.3 is 0 Å². The van der Waals surface area contributed by atoms with E-state index in [1.54, 1.807) is 0 Å². The van der Waals surface area contributed by atoms with Gasteiger partial charge < -0.3 is 48.1 Å². The maximum absolute atomic E-state index is 13.3. The number of unbranched alkanes of at least 4 members (excludes halogenated alkanes) is 1. The summed E-state index contributed by atoms with van der Waals surface area (Å²) in [5, 5.41) is 25.6. The van der Waals surface area contributed by atoms with Crippen molar-refractivity contribution in [2.75, 3.05) is 57.3 Å². The molecule has 2 aliphatic rings. The zero-order valence-electron chi connectivity index (χ0n) is 36.0. The molecule has 9 amide bonds. The molecule has 3 unspecified atom stereocenters. The Morgan fingerprint density at radius 3 is 1.89 bits per heavy atom. The van der Waals surface area contributed by atoms with Gasteiger partial charge in [0.2, 0.25) is 53.2 Å². The van der Waals surface area contributed by atoms with Gasteiger partial charge in [-0.1, -0.05) is 23.4 Å². The van der Waals surface area contributed by atoms with Gasteiger partial charge in [-0.2, -0.15) is 0 Å². The van der Waals surface area contributed by atoms with Gasteiger partial charge in [-0.3, -0.25) is 57.7 Å². The van der Waals surface area contributed by atoms with Crippen molar-refractivity contribution in [3.63, 3.8) is 0 Å². The molecular weight excluding hydrogens is 1000 g/mol. The first-order chi connectivity index (χ1) is 30.2. The lowest BCUT2D eigenvalue weighted by Crippen LogP contribution is -2.51. The number of anilines is 1. The summed E-state index contributed by atoms with van der Waals surface area (Å²) in [4.78, 5) is 126. The van der Waals surface area contributed by atoms with Crippen LogP contribution >= 0.6 is 43.6 Å². The summed E-state index contributed by atoms with van der Waals surface area (Å²) in [6, 6.07) is 2.24. The number of ketones is 1. The molecule has 1 aromatic carbocycles. The van der Waals surface area contributed by atoms with E-state index in [1.165, 1.54) is 25.7 Å². The average Bonchev–Trinajstić information content (AvgIpc) is 3.51. The number of nitrogen functional groups attached to an aromatic ring is 1. The van der Waals surface area contributed by atoms with Gasteiger partial charge in [0.15, 0.2) is 5.78 Å². The summed E-state index contributed by atoms with van der Waals surface area (Å²) in [5.74, 6) is -5.90. The summed E-state index contributed by atoms with van der Waals surface area (Å²) in [5.41, 5.74) is 8.00. The standard InChI is InChI=1S/C40H58Br2N10O11S.CH4/c1-22(23(2)53)49-36(60)19-47-34(58)17-45-32(56)15-44-33(57)16-46-35(59)18-48-39(62)30(50-24(3)54)21-64-31-14-37(61)52(40(31)63)11-5-4-10-51(27-6-8-28(55)9-7-27)20-25-12-26(41)13-29(42)38(25)43;/h12-13,22,27-28,30-31,55H,4-11,14-21,43H2,1-3H3,(H,44,57)(H,45,56)(H,46,59)(H,47,58)(H,48,62)(H,49,60)(H,50,54);1H4. The number of nitrogens with one attached hydrogen (secondary N) is 7. The number of likely N-dealkylation sites (tertiary alicyclic amines) is 1. The Morgan fingerprint density at radius 1 is 0.815 bits per heavy atom. The van der Waals surface area contributed by atoms with Gasteiger partial charge in [0, 0.05) is 47.2 Å². The molecule has 0 radical (unpaired) electrons. The fraction of sp³-hybridized carbons (Fsp3) is 0.610. The SMILES string of the molecule is C.CC(=O)NC(CSC1CC(=O)N(CCCCN(Cc2cc(Br)cc(Br)c2N)C2CCC(O)CC2)C1=O)C(=O)NCC(=O)NCC(=O)NCC(=O)NCC(=O)NCC(=O)NC(C)C(C)=O. The van der Waals surface area contributed by atoms with Crippen molar-refractivity contribution in [1.29, 1.82) is 0 Å². The Morgan fingerprint density at radius 2 is 1.35 bits per heavy atom. The molecule has 0 spiro atoms. The number of thioether (sulfide) groups is 1. The fourth-order valence-electron chi connectivity index (χ4n) is 6.70. The van der Waals surface area contributed by atoms with Crippen LogP contribution in [0.4, 0.5) is 5.69 Å². The van der Waals surface area contributed by atoms with Gasteiger partial charge in [-0.05, 0) is 92.5 Å². The number of aliphatic hydroxyl groups is 1. The second-order valence-corrected chi connectivity index (χ2v) is 18.5. The summed E-state index contributed by atoms with van der Waals surface area (Å²) >= 11 is 8.10. The van der Waals surface area contributed by atoms with Crippen LogP contribution in [0.1, 0.15) is 78.7 Å². The lowest BCUT2D eigenvalue weighted by molar-refractivity contribution is -0.138. The van der Waals surface area contributed by atoms with E-state index >= 15 is 0 Å². The molecule has 3 rings (SSSR count). The van der Waals surface area contributed by atoms with E-state index in [1.807, 2.05) is 12.1 Å². The molecule has 2 fully saturated rings. The molecule has 1 aromatic rings. The topological polar surface area (TPSA) is 308 Å². The number of carbonyl (C=O) groups excluding carboxylic acids is 10. The number of hydrogen-bond donors (Lipinski definition) is 9. The molecule has 1 saturated carbocycles. The largest absolute Gasteiger partial charge is 0.398 e. The van der Waals surface area contributed by atoms with E-state index in [0.29, 0.717) is 44.5 Å². The summed E-state index contributed by atoms with van der Waals surface area (Å²) in [6.07, 6.45) is 3.98. The highest BCUT2D eigenvalue weighted by molar-refractivity contribution is 9.11. The van der Waals surface area contributed by atoms with E-state index in [-0.39, 0.29) is 55.9 Å². The van der Waals surface area contributed by atoms with Crippen molar-refractivity contribution < 1.29 is 53.1 Å². The van der Waals surface area contributed by atoms with Crippen molar-refractivity contribution in [2.24, 2.45) is 0 Å². The molecule has 24 heteroatoms. The average molecular weight is 1060 g/mol. The molecule has 10 N–H and O–H groups in total. The minimum absolute atomic E-state index is 0. The number of benzene rings is 1. The van der Waals surface area contributed by atoms with Crippen molar-refractivity contribution in [2.45, 2.75) is 109 Å². The first kappa shape index (κ1) is 56.5. The molecule has 21 nitrogen and oxygen atoms in total. The number of aliphatic hydroxyl groups excluding tert-OH is 1. The number of rotatable bonds is 25. The van der Waals surface area contributed by atoms with Gasteiger partial charge in [0.25, 0.3) is 0 Å². The van der Waals surface area contributed by atoms with Crippen LogP contribution < -0.4 is 43.0 Å². The first-order valence-electron chi connectivity index (χ1n) is 20.8. The number of nitrogens with zero attached hydrogens (tertiary/aromatic N) is 2. The fourth-order valence-corrected chi connectivity index (χ4v) is 9.20. The monoisotopic (exact) mass is 1060 g/mol. The molecule has 3 atom stereocenters. The highest BCUT2D eigenvalue weighted by Gasteiger charge is 2.39. The Hall–Kier alpha value is -4.65. The van der Waals surface area contributed by atoms with Crippen LogP contribution in [0.2, 0.25) is 0 Å². The third-order valence-corrected chi connectivity index (χ3v) is 12.8. The molecule has 0 bridgehead atoms. The molecule has 65 heavy (non-hydrogen) atoms. The Labute approximate surface area is 399 Å². The van der Waals surface area contributed by atoms with E-state index in [0.717, 1.165) is 39.1 Å². The van der Waals surface area contributed by atoms with Gasteiger partial charge in [-0.25, -0.2) is 0 Å². The highest BCUT2D eigenvalue weighted by Crippen LogP contribution is 2.32. The van der Waals surface area contributed by atoms with Gasteiger partial charge in [-0.15, -0.1) is 11.8 Å². The van der Waals surface area contributed by atoms with Crippen LogP contribution in [0, 0.1) is 0 Å². The molecule has 362 valence electrons. The van der Waals surface area contributed by atoms with E-state index < -0.39 is 91.4 Å². The maximum Gasteiger partial charge on any atom is 0.243 e. The maximum atomic E-state index is 13.3. The number of amides is 9. The van der Waals surface area contributed by atoms with Crippen LogP contribution in [0.5, 0.6) is 0 Å². The number of nitrogens with two attached hydrogens (primary N) is 1. The number of hydrogen-bond acceptors (Lipinski definition) is 14. The number of imide groups is 1. The van der Waals surface area contributed by atoms with Crippen LogP contribution in [-0.2, 0) is 54.5 Å². The Balaban J connectivity index is 0.0000145. The highest BCUT2D eigenvalue weighted by atomic mass is 79.9. The number of carbonyl (C=O) groups is 10. The van der Waals surface area contributed by atoms with Crippen molar-refractivity contribution in [3.05, 3.63) is 26.6 Å². The summed E-state index contributed by atoms with van der Waals surface area (Å²) in [6.45, 7) is 2.92. The molecule has 1 saturated heterocycles. The third kappa shape index (κ3) is 20.2. The quantitative estimate of drug-likeness (QED) is 0.0335. The zero-order valence-corrected chi connectivity index (χ0v) is 40.0. The molecule has 1 aliphatic heterocycles. The molecule has 1 heterocycles. The second kappa shape index (κ2) is 28.4. The van der Waals surface area contributed by atoms with Crippen LogP contribution in [-0.4, -0.2) is 155 Å².